The molecule has 72 heavy (non-hydrogen) atoms. The van der Waals surface area contributed by atoms with Gasteiger partial charge in [-0.25, -0.2) is 4.98 Å². The summed E-state index contributed by atoms with van der Waals surface area (Å²) in [6.07, 6.45) is 0.162. The van der Waals surface area contributed by atoms with Crippen LogP contribution in [0.25, 0.3) is 82.1 Å². The average molecular weight is 1140 g/mol. The topological polar surface area (TPSA) is 35.2 Å². The number of rotatable bonds is 8. The zero-order valence-corrected chi connectivity index (χ0v) is 45.2. The number of hydrogen-bond donors (Lipinski definition) is 0. The van der Waals surface area contributed by atoms with Crippen LogP contribution >= 0.6 is 0 Å². The first-order chi connectivity index (χ1) is 35.0. The quantitative estimate of drug-likeness (QED) is 0.112. The first-order valence-corrected chi connectivity index (χ1v) is 28.2. The molecule has 8 aromatic carbocycles. The Kier molecular flexibility index (Phi) is 11.3. The molecule has 0 N–H and O–H groups in total. The van der Waals surface area contributed by atoms with Crippen LogP contribution in [0.15, 0.2) is 176 Å². The predicted molar refractivity (Wildman–Crippen MR) is 302 cm³/mol. The van der Waals surface area contributed by atoms with Crippen LogP contribution in [0.3, 0.4) is 0 Å². The maximum Gasteiger partial charge on any atom is 0.135 e. The summed E-state index contributed by atoms with van der Waals surface area (Å²) in [6.45, 7) is 20.3. The van der Waals surface area contributed by atoms with Crippen LogP contribution in [0, 0.1) is 24.7 Å². The maximum atomic E-state index is 8.89. The molecule has 0 unspecified atom stereocenters. The molecule has 5 nitrogen and oxygen atoms in total. The van der Waals surface area contributed by atoms with Crippen molar-refractivity contribution in [3.63, 3.8) is 0 Å². The van der Waals surface area contributed by atoms with E-state index < -0.39 is 14.4 Å². The minimum absolute atomic E-state index is 0. The van der Waals surface area contributed by atoms with Gasteiger partial charge in [0.15, 0.2) is 0 Å². The van der Waals surface area contributed by atoms with Crippen molar-refractivity contribution in [3.8, 4) is 28.4 Å². The van der Waals surface area contributed by atoms with E-state index in [2.05, 4.69) is 201 Å². The summed E-state index contributed by atoms with van der Waals surface area (Å²) in [6, 6.07) is 67.8. The summed E-state index contributed by atoms with van der Waals surface area (Å²) in [5.74, 6) is 1.48. The summed E-state index contributed by atoms with van der Waals surface area (Å²) < 4.78 is 29.0. The maximum absolute atomic E-state index is 8.89. The Morgan fingerprint density at radius 3 is 1.96 bits per heavy atom. The number of para-hydroxylation sites is 3. The third-order valence-corrected chi connectivity index (χ3v) is 16.0. The summed E-state index contributed by atoms with van der Waals surface area (Å²) in [5.41, 5.74) is 10.1. The Morgan fingerprint density at radius 1 is 0.639 bits per heavy atom. The second-order valence-corrected chi connectivity index (χ2v) is 26.3. The van der Waals surface area contributed by atoms with Gasteiger partial charge >= 0.3 is 0 Å². The minimum atomic E-state index is -1.75. The SMILES string of the molecule is [2H]C([2H])(c1ccnc(-n2c3[c-]c(Oc4[c-]c(N5[CH-]n6c7c(-c8cc(C(C)(C)C)cc([Si](C)(C)C)c8)cccc7c7ccccc7c7ccccc7c7cccc5c76)ccc4)ccc3c3ccccc32)c1)C(C)C.[Pt]. The zero-order valence-electron chi connectivity index (χ0n) is 43.9. The number of ether oxygens (including phenoxy) is 1. The number of aromatic nitrogens is 3. The van der Waals surface area contributed by atoms with Gasteiger partial charge in [-0.2, -0.15) is 12.1 Å². The smallest absolute Gasteiger partial charge is 0.135 e. The van der Waals surface area contributed by atoms with Gasteiger partial charge in [-0.3, -0.25) is 0 Å². The van der Waals surface area contributed by atoms with Crippen molar-refractivity contribution in [1.29, 1.82) is 0 Å². The fourth-order valence-electron chi connectivity index (χ4n) is 10.5. The van der Waals surface area contributed by atoms with Crippen molar-refractivity contribution in [2.24, 2.45) is 5.92 Å². The second kappa shape index (κ2) is 18.2. The Bertz CT molecular complexity index is 4070. The zero-order chi connectivity index (χ0) is 50.6. The Hall–Kier alpha value is -7.11. The van der Waals surface area contributed by atoms with Gasteiger partial charge in [0.2, 0.25) is 0 Å². The molecule has 3 aromatic heterocycles. The standard InChI is InChI=1S/C65H57N4OSi.Pt/c1-42(2)34-43-32-33-66-62(35-43)69-59-28-14-13-24-55(59)56-31-30-48(40-61(56)69)70-47-19-15-18-46(39-47)67-41-68-63-50(44-36-45(65(3,4)5)38-49(37-44)71(6,7)8)25-16-26-57(63)53-22-11-9-20-51(53)52-21-10-12-23-54(52)58-27-17-29-60(67)64(58)68;/h9-33,35-38,41-42H,34H2,1-8H3;/q-3;/i34D2;. The van der Waals surface area contributed by atoms with Crippen molar-refractivity contribution in [2.75, 3.05) is 4.90 Å². The molecule has 0 bridgehead atoms. The first kappa shape index (κ1) is 44.8. The Balaban J connectivity index is 0.00000588. The summed E-state index contributed by atoms with van der Waals surface area (Å²) in [7, 11) is -1.75. The monoisotopic (exact) mass is 1130 g/mol. The number of pyridine rings is 1. The molecule has 4 heterocycles. The summed E-state index contributed by atoms with van der Waals surface area (Å²) in [4.78, 5) is 7.04. The van der Waals surface area contributed by atoms with Crippen LogP contribution in [-0.2, 0) is 32.9 Å². The van der Waals surface area contributed by atoms with Gasteiger partial charge in [0.1, 0.15) is 5.82 Å². The molecule has 7 heteroatoms. The molecular formula is C65H57N4OPtSi-3. The molecule has 11 aromatic rings. The molecular weight excluding hydrogens is 1080 g/mol. The van der Waals surface area contributed by atoms with Crippen molar-refractivity contribution in [3.05, 3.63) is 206 Å². The molecule has 0 spiro atoms. The molecule has 12 rings (SSSR count). The van der Waals surface area contributed by atoms with Crippen molar-refractivity contribution < 1.29 is 28.5 Å². The molecule has 360 valence electrons. The fraction of sp³-hybridized carbons (Fsp3) is 0.169. The van der Waals surface area contributed by atoms with Crippen LogP contribution in [0.4, 0.5) is 11.4 Å². The van der Waals surface area contributed by atoms with Crippen molar-refractivity contribution in [1.82, 2.24) is 14.1 Å². The first-order valence-electron chi connectivity index (χ1n) is 25.7. The van der Waals surface area contributed by atoms with Gasteiger partial charge < -0.3 is 18.8 Å². The normalized spacial score (nSPS) is 13.2. The second-order valence-electron chi connectivity index (χ2n) is 21.3. The van der Waals surface area contributed by atoms with Gasteiger partial charge in [0.25, 0.3) is 0 Å². The molecule has 1 aliphatic heterocycles. The van der Waals surface area contributed by atoms with Crippen molar-refractivity contribution in [2.45, 2.75) is 66.0 Å². The van der Waals surface area contributed by atoms with E-state index in [0.29, 0.717) is 22.9 Å². The van der Waals surface area contributed by atoms with Crippen LogP contribution in [0.5, 0.6) is 11.5 Å². The Labute approximate surface area is 441 Å². The van der Waals surface area contributed by atoms with E-state index in [1.807, 2.05) is 50.2 Å². The Morgan fingerprint density at radius 2 is 1.26 bits per heavy atom. The van der Waals surface area contributed by atoms with Gasteiger partial charge in [-0.15, -0.1) is 35.7 Å². The van der Waals surface area contributed by atoms with E-state index in [1.54, 1.807) is 12.3 Å². The van der Waals surface area contributed by atoms with E-state index in [1.165, 1.54) is 43.4 Å². The van der Waals surface area contributed by atoms with E-state index >= 15 is 0 Å². The number of benzene rings is 8. The molecule has 0 fully saturated rings. The molecule has 0 saturated carbocycles. The average Bonchev–Trinajstić information content (AvgIpc) is 3.95. The fourth-order valence-corrected chi connectivity index (χ4v) is 11.7. The largest absolute Gasteiger partial charge is 0.509 e. The molecule has 0 aliphatic carbocycles. The molecule has 0 saturated heterocycles. The molecule has 0 amide bonds. The van der Waals surface area contributed by atoms with Gasteiger partial charge in [0, 0.05) is 52.7 Å². The number of nitrogens with zero attached hydrogens (tertiary/aromatic N) is 4. The van der Waals surface area contributed by atoms with E-state index in [0.717, 1.165) is 55.0 Å². The minimum Gasteiger partial charge on any atom is -0.509 e. The predicted octanol–water partition coefficient (Wildman–Crippen LogP) is 16.9. The summed E-state index contributed by atoms with van der Waals surface area (Å²) >= 11 is 0. The van der Waals surface area contributed by atoms with Crippen molar-refractivity contribution >= 4 is 89.8 Å². The molecule has 1 aliphatic rings. The van der Waals surface area contributed by atoms with E-state index in [9.17, 15) is 0 Å². The van der Waals surface area contributed by atoms with Crippen LogP contribution < -0.4 is 14.8 Å². The van der Waals surface area contributed by atoms with Gasteiger partial charge in [0.05, 0.1) is 8.07 Å². The molecule has 0 radical (unpaired) electrons. The van der Waals surface area contributed by atoms with Gasteiger partial charge in [-0.05, 0) is 120 Å². The van der Waals surface area contributed by atoms with Crippen LogP contribution in [-0.4, -0.2) is 22.2 Å². The van der Waals surface area contributed by atoms with E-state index in [4.69, 9.17) is 12.5 Å². The van der Waals surface area contributed by atoms with Gasteiger partial charge in [-0.1, -0.05) is 186 Å². The number of anilines is 2. The van der Waals surface area contributed by atoms with Crippen LogP contribution in [0.1, 0.15) is 48.5 Å². The number of fused-ring (bicyclic) bond motifs is 10. The molecule has 0 atom stereocenters. The van der Waals surface area contributed by atoms with E-state index in [-0.39, 0.29) is 32.4 Å². The number of hydrogen-bond acceptors (Lipinski definition) is 3. The summed E-state index contributed by atoms with van der Waals surface area (Å²) in [5, 5.41) is 10.5. The third-order valence-electron chi connectivity index (χ3n) is 13.9. The van der Waals surface area contributed by atoms with Crippen LogP contribution in [0.2, 0.25) is 19.6 Å². The third kappa shape index (κ3) is 8.25.